The van der Waals surface area contributed by atoms with Gasteiger partial charge in [0.25, 0.3) is 0 Å². The van der Waals surface area contributed by atoms with Gasteiger partial charge in [0.1, 0.15) is 5.60 Å². The van der Waals surface area contributed by atoms with Crippen molar-refractivity contribution in [3.63, 3.8) is 0 Å². The van der Waals surface area contributed by atoms with Gasteiger partial charge in [0.15, 0.2) is 0 Å². The smallest absolute Gasteiger partial charge is 0.107 e. The van der Waals surface area contributed by atoms with Crippen LogP contribution in [0.5, 0.6) is 0 Å². The Labute approximate surface area is 75.3 Å². The summed E-state index contributed by atoms with van der Waals surface area (Å²) in [6.07, 6.45) is 5.54. The van der Waals surface area contributed by atoms with E-state index in [9.17, 15) is 5.11 Å². The van der Waals surface area contributed by atoms with Crippen molar-refractivity contribution in [3.8, 4) is 0 Å². The maximum Gasteiger partial charge on any atom is 0.107 e. The van der Waals surface area contributed by atoms with Crippen LogP contribution in [0, 0.1) is 11.8 Å². The second-order valence-corrected chi connectivity index (χ2v) is 4.72. The highest BCUT2D eigenvalue weighted by Crippen LogP contribution is 2.66. The normalized spacial score (nSPS) is 44.4. The number of thiazole rings is 1. The Hall–Kier alpha value is -0.410. The molecule has 2 aliphatic rings. The van der Waals surface area contributed by atoms with Crippen LogP contribution in [-0.4, -0.2) is 10.1 Å². The van der Waals surface area contributed by atoms with Gasteiger partial charge in [-0.2, -0.15) is 0 Å². The van der Waals surface area contributed by atoms with E-state index in [4.69, 9.17) is 0 Å². The van der Waals surface area contributed by atoms with Crippen LogP contribution in [0.3, 0.4) is 0 Å². The van der Waals surface area contributed by atoms with Crippen molar-refractivity contribution in [1.82, 2.24) is 4.98 Å². The zero-order valence-electron chi connectivity index (χ0n) is 6.73. The molecule has 3 rings (SSSR count). The van der Waals surface area contributed by atoms with Gasteiger partial charge >= 0.3 is 0 Å². The first-order valence-corrected chi connectivity index (χ1v) is 5.33. The third-order valence-electron chi connectivity index (χ3n) is 3.36. The molecule has 2 unspecified atom stereocenters. The van der Waals surface area contributed by atoms with E-state index in [1.54, 1.807) is 16.8 Å². The average molecular weight is 181 g/mol. The van der Waals surface area contributed by atoms with Crippen LogP contribution in [0.4, 0.5) is 0 Å². The second kappa shape index (κ2) is 2.09. The van der Waals surface area contributed by atoms with Gasteiger partial charge in [-0.25, -0.2) is 0 Å². The minimum absolute atomic E-state index is 0.459. The summed E-state index contributed by atoms with van der Waals surface area (Å²) < 4.78 is 0. The maximum atomic E-state index is 10.2. The Kier molecular flexibility index (Phi) is 1.23. The summed E-state index contributed by atoms with van der Waals surface area (Å²) in [5.41, 5.74) is 1.35. The highest BCUT2D eigenvalue weighted by molar-refractivity contribution is 7.09. The molecule has 0 spiro atoms. The molecular formula is C9H11NOS. The quantitative estimate of drug-likeness (QED) is 0.716. The minimum atomic E-state index is -0.459. The van der Waals surface area contributed by atoms with Crippen molar-refractivity contribution >= 4 is 11.3 Å². The first-order valence-electron chi connectivity index (χ1n) is 4.45. The lowest BCUT2D eigenvalue weighted by Gasteiger charge is -2.10. The van der Waals surface area contributed by atoms with E-state index in [1.165, 1.54) is 19.3 Å². The molecule has 1 aromatic rings. The fraction of sp³-hybridized carbons (Fsp3) is 0.667. The summed E-state index contributed by atoms with van der Waals surface area (Å²) in [5.74, 6) is 1.11. The summed E-state index contributed by atoms with van der Waals surface area (Å²) in [4.78, 5) is 5.10. The lowest BCUT2D eigenvalue weighted by molar-refractivity contribution is 0.109. The van der Waals surface area contributed by atoms with Crippen molar-refractivity contribution in [3.05, 3.63) is 16.6 Å². The highest BCUT2D eigenvalue weighted by atomic mass is 32.1. The lowest BCUT2D eigenvalue weighted by Crippen LogP contribution is -2.10. The van der Waals surface area contributed by atoms with Crippen molar-refractivity contribution in [2.75, 3.05) is 0 Å². The Morgan fingerprint density at radius 3 is 2.83 bits per heavy atom. The minimum Gasteiger partial charge on any atom is -0.384 e. The second-order valence-electron chi connectivity index (χ2n) is 3.83. The van der Waals surface area contributed by atoms with Crippen LogP contribution < -0.4 is 0 Å². The van der Waals surface area contributed by atoms with Crippen molar-refractivity contribution in [2.45, 2.75) is 24.9 Å². The van der Waals surface area contributed by atoms with Gasteiger partial charge in [0, 0.05) is 6.20 Å². The standard InChI is InChI=1S/C9H11NOS/c11-9(8-4-10-5-12-8)6-2-1-3-7(6)9/h4-7,11H,1-3H2. The number of hydrogen-bond donors (Lipinski definition) is 1. The number of hydrogen-bond acceptors (Lipinski definition) is 3. The number of fused-ring (bicyclic) bond motifs is 1. The molecule has 1 heterocycles. The average Bonchev–Trinajstić information content (AvgIpc) is 2.62. The topological polar surface area (TPSA) is 33.1 Å². The van der Waals surface area contributed by atoms with Crippen molar-refractivity contribution in [1.29, 1.82) is 0 Å². The van der Waals surface area contributed by atoms with Gasteiger partial charge in [-0.15, -0.1) is 11.3 Å². The number of aliphatic hydroxyl groups is 1. The number of aromatic nitrogens is 1. The molecule has 0 aromatic carbocycles. The SMILES string of the molecule is OC1(c2cncs2)C2CCCC21. The summed E-state index contributed by atoms with van der Waals surface area (Å²) in [7, 11) is 0. The fourth-order valence-electron chi connectivity index (χ4n) is 2.70. The van der Waals surface area contributed by atoms with Gasteiger partial charge < -0.3 is 5.11 Å². The van der Waals surface area contributed by atoms with Gasteiger partial charge in [-0.1, -0.05) is 6.42 Å². The third-order valence-corrected chi connectivity index (χ3v) is 4.28. The number of nitrogens with zero attached hydrogens (tertiary/aromatic N) is 1. The molecule has 2 atom stereocenters. The fourth-order valence-corrected chi connectivity index (χ4v) is 3.55. The number of rotatable bonds is 1. The molecule has 2 saturated carbocycles. The van der Waals surface area contributed by atoms with E-state index >= 15 is 0 Å². The largest absolute Gasteiger partial charge is 0.384 e. The Morgan fingerprint density at radius 1 is 1.50 bits per heavy atom. The van der Waals surface area contributed by atoms with E-state index in [0.29, 0.717) is 11.8 Å². The predicted molar refractivity (Wildman–Crippen MR) is 46.8 cm³/mol. The summed E-state index contributed by atoms with van der Waals surface area (Å²) >= 11 is 1.59. The van der Waals surface area contributed by atoms with Gasteiger partial charge in [-0.3, -0.25) is 4.98 Å². The molecule has 0 radical (unpaired) electrons. The molecule has 1 aromatic heterocycles. The molecular weight excluding hydrogens is 170 g/mol. The van der Waals surface area contributed by atoms with Gasteiger partial charge in [-0.05, 0) is 24.7 Å². The van der Waals surface area contributed by atoms with Gasteiger partial charge in [0.2, 0.25) is 0 Å². The molecule has 2 nitrogen and oxygen atoms in total. The summed E-state index contributed by atoms with van der Waals surface area (Å²) in [6.45, 7) is 0. The van der Waals surface area contributed by atoms with Crippen LogP contribution in [0.25, 0.3) is 0 Å². The Bertz CT molecular complexity index is 285. The first kappa shape index (κ1) is 7.04. The van der Waals surface area contributed by atoms with E-state index in [0.717, 1.165) is 4.88 Å². The van der Waals surface area contributed by atoms with Crippen LogP contribution in [0.1, 0.15) is 24.1 Å². The zero-order valence-corrected chi connectivity index (χ0v) is 7.55. The first-order chi connectivity index (χ1) is 5.83. The Balaban J connectivity index is 1.96. The highest BCUT2D eigenvalue weighted by Gasteiger charge is 2.66. The molecule has 0 aliphatic heterocycles. The van der Waals surface area contributed by atoms with E-state index in [-0.39, 0.29) is 0 Å². The predicted octanol–water partition coefficient (Wildman–Crippen LogP) is 1.76. The summed E-state index contributed by atoms with van der Waals surface area (Å²) in [5, 5.41) is 10.2. The molecule has 2 aliphatic carbocycles. The molecule has 3 heteroatoms. The lowest BCUT2D eigenvalue weighted by atomic mass is 10.1. The van der Waals surface area contributed by atoms with E-state index in [1.807, 2.05) is 6.20 Å². The Morgan fingerprint density at radius 2 is 2.25 bits per heavy atom. The zero-order chi connectivity index (χ0) is 8.18. The molecule has 0 bridgehead atoms. The molecule has 64 valence electrons. The third kappa shape index (κ3) is 0.666. The van der Waals surface area contributed by atoms with Crippen molar-refractivity contribution < 1.29 is 5.11 Å². The van der Waals surface area contributed by atoms with Crippen LogP contribution in [-0.2, 0) is 5.60 Å². The maximum absolute atomic E-state index is 10.2. The monoisotopic (exact) mass is 181 g/mol. The molecule has 0 amide bonds. The van der Waals surface area contributed by atoms with E-state index in [2.05, 4.69) is 4.98 Å². The van der Waals surface area contributed by atoms with E-state index < -0.39 is 5.60 Å². The molecule has 12 heavy (non-hydrogen) atoms. The van der Waals surface area contributed by atoms with Crippen molar-refractivity contribution in [2.24, 2.45) is 11.8 Å². The summed E-state index contributed by atoms with van der Waals surface area (Å²) in [6, 6.07) is 0. The molecule has 2 fully saturated rings. The van der Waals surface area contributed by atoms with Gasteiger partial charge in [0.05, 0.1) is 10.4 Å². The van der Waals surface area contributed by atoms with Crippen LogP contribution in [0.15, 0.2) is 11.7 Å². The van der Waals surface area contributed by atoms with Crippen LogP contribution >= 0.6 is 11.3 Å². The molecule has 1 N–H and O–H groups in total. The molecule has 0 saturated heterocycles. The van der Waals surface area contributed by atoms with Crippen LogP contribution in [0.2, 0.25) is 0 Å².